The van der Waals surface area contributed by atoms with Gasteiger partial charge in [0.25, 0.3) is 0 Å². The third-order valence-corrected chi connectivity index (χ3v) is 4.60. The van der Waals surface area contributed by atoms with Gasteiger partial charge in [0.1, 0.15) is 5.82 Å². The molecule has 30 heavy (non-hydrogen) atoms. The van der Waals surface area contributed by atoms with Crippen LogP contribution in [0.15, 0.2) is 82.0 Å². The molecule has 0 aliphatic heterocycles. The Bertz CT molecular complexity index is 1210. The molecule has 0 aliphatic carbocycles. The fourth-order valence-electron chi connectivity index (χ4n) is 3.11. The van der Waals surface area contributed by atoms with Gasteiger partial charge in [-0.25, -0.2) is 14.0 Å². The van der Waals surface area contributed by atoms with E-state index in [1.807, 2.05) is 30.3 Å². The van der Waals surface area contributed by atoms with Crippen molar-refractivity contribution in [2.75, 3.05) is 13.2 Å². The first-order chi connectivity index (χ1) is 14.6. The Morgan fingerprint density at radius 3 is 2.50 bits per heavy atom. The van der Waals surface area contributed by atoms with E-state index in [2.05, 4.69) is 5.32 Å². The number of oxazole rings is 1. The number of amides is 1. The van der Waals surface area contributed by atoms with Gasteiger partial charge >= 0.3 is 11.8 Å². The molecule has 0 saturated heterocycles. The van der Waals surface area contributed by atoms with E-state index in [0.29, 0.717) is 18.7 Å². The molecule has 1 aromatic heterocycles. The van der Waals surface area contributed by atoms with Crippen molar-refractivity contribution in [3.05, 3.63) is 94.7 Å². The van der Waals surface area contributed by atoms with Gasteiger partial charge in [-0.3, -0.25) is 0 Å². The first kappa shape index (κ1) is 19.6. The number of hydrogen-bond acceptors (Lipinski definition) is 4. The first-order valence-corrected chi connectivity index (χ1v) is 9.43. The van der Waals surface area contributed by atoms with Crippen LogP contribution < -0.4 is 11.1 Å². The second-order valence-corrected chi connectivity index (χ2v) is 6.66. The van der Waals surface area contributed by atoms with Gasteiger partial charge in [-0.1, -0.05) is 48.5 Å². The number of fused-ring (bicyclic) bond motifs is 1. The molecule has 0 spiro atoms. The Morgan fingerprint density at radius 2 is 1.73 bits per heavy atom. The van der Waals surface area contributed by atoms with Crippen molar-refractivity contribution in [3.8, 4) is 11.1 Å². The Morgan fingerprint density at radius 1 is 1.00 bits per heavy atom. The molecular formula is C23H19FN2O4. The molecule has 1 amide bonds. The van der Waals surface area contributed by atoms with Crippen molar-refractivity contribution in [1.82, 2.24) is 9.88 Å². The Kier molecular flexibility index (Phi) is 5.72. The highest BCUT2D eigenvalue weighted by Gasteiger charge is 2.16. The lowest BCUT2D eigenvalue weighted by Gasteiger charge is -2.07. The number of carbonyl (C=O) groups is 1. The minimum Gasteiger partial charge on any atom is -0.407 e. The third kappa shape index (κ3) is 4.31. The average molecular weight is 406 g/mol. The van der Waals surface area contributed by atoms with Gasteiger partial charge in [0.05, 0.1) is 18.7 Å². The van der Waals surface area contributed by atoms with E-state index in [1.165, 1.54) is 12.1 Å². The quantitative estimate of drug-likeness (QED) is 0.488. The second-order valence-electron chi connectivity index (χ2n) is 6.66. The summed E-state index contributed by atoms with van der Waals surface area (Å²) >= 11 is 0. The molecule has 152 valence electrons. The van der Waals surface area contributed by atoms with Crippen LogP contribution in [0, 0.1) is 5.82 Å². The number of halogens is 1. The summed E-state index contributed by atoms with van der Waals surface area (Å²) in [5, 5.41) is 2.65. The second kappa shape index (κ2) is 8.75. The summed E-state index contributed by atoms with van der Waals surface area (Å²) < 4.78 is 24.8. The molecule has 4 rings (SSSR count). The molecule has 0 saturated carbocycles. The maximum Gasteiger partial charge on any atom is 0.428 e. The van der Waals surface area contributed by atoms with Crippen molar-refractivity contribution in [3.63, 3.8) is 0 Å². The van der Waals surface area contributed by atoms with E-state index >= 15 is 0 Å². The van der Waals surface area contributed by atoms with Gasteiger partial charge in [-0.2, -0.15) is 4.57 Å². The van der Waals surface area contributed by atoms with E-state index in [0.717, 1.165) is 21.3 Å². The molecule has 0 fully saturated rings. The lowest BCUT2D eigenvalue weighted by molar-refractivity contribution is 0.123. The molecule has 1 heterocycles. The van der Waals surface area contributed by atoms with Crippen LogP contribution in [0.2, 0.25) is 0 Å². The Balaban J connectivity index is 1.41. The van der Waals surface area contributed by atoms with Gasteiger partial charge < -0.3 is 14.5 Å². The topological polar surface area (TPSA) is 73.5 Å². The summed E-state index contributed by atoms with van der Waals surface area (Å²) in [6.07, 6.45) is 0. The summed E-state index contributed by atoms with van der Waals surface area (Å²) in [7, 11) is 0. The van der Waals surface area contributed by atoms with Gasteiger partial charge in [-0.15, -0.1) is 0 Å². The number of rotatable bonds is 6. The maximum atomic E-state index is 13.1. The number of ether oxygens (including phenoxy) is 1. The van der Waals surface area contributed by atoms with Crippen LogP contribution in [0.25, 0.3) is 22.2 Å². The van der Waals surface area contributed by atoms with Crippen LogP contribution in [-0.4, -0.2) is 23.7 Å². The summed E-state index contributed by atoms with van der Waals surface area (Å²) in [5.74, 6) is -1.11. The monoisotopic (exact) mass is 406 g/mol. The van der Waals surface area contributed by atoms with E-state index in [4.69, 9.17) is 9.15 Å². The number of aromatic nitrogens is 1. The lowest BCUT2D eigenvalue weighted by Crippen LogP contribution is -2.36. The van der Waals surface area contributed by atoms with E-state index in [-0.39, 0.29) is 17.9 Å². The van der Waals surface area contributed by atoms with E-state index in [1.54, 1.807) is 30.3 Å². The van der Waals surface area contributed by atoms with Crippen LogP contribution in [0.4, 0.5) is 9.18 Å². The Labute approximate surface area is 171 Å². The molecule has 3 aromatic carbocycles. The summed E-state index contributed by atoms with van der Waals surface area (Å²) in [6.45, 7) is 0.996. The standard InChI is InChI=1S/C23H19FN2O4/c24-19-9-6-17(7-10-19)18-8-11-20-21(14-18)30-23(28)26(20)22(27)25-12-13-29-15-16-4-2-1-3-5-16/h1-11,14H,12-13,15H2,(H,25,27). The van der Waals surface area contributed by atoms with Gasteiger partial charge in [0, 0.05) is 6.54 Å². The van der Waals surface area contributed by atoms with Crippen molar-refractivity contribution in [2.45, 2.75) is 6.61 Å². The zero-order valence-electron chi connectivity index (χ0n) is 16.0. The minimum absolute atomic E-state index is 0.248. The number of nitrogens with one attached hydrogen (secondary N) is 1. The summed E-state index contributed by atoms with van der Waals surface area (Å²) in [4.78, 5) is 24.7. The molecule has 0 radical (unpaired) electrons. The predicted molar refractivity (Wildman–Crippen MR) is 111 cm³/mol. The zero-order chi connectivity index (χ0) is 20.9. The fraction of sp³-hybridized carbons (Fsp3) is 0.130. The highest BCUT2D eigenvalue weighted by molar-refractivity contribution is 5.90. The normalized spacial score (nSPS) is 11.0. The van der Waals surface area contributed by atoms with Crippen LogP contribution in [0.5, 0.6) is 0 Å². The largest absolute Gasteiger partial charge is 0.428 e. The van der Waals surface area contributed by atoms with Crippen molar-refractivity contribution < 1.29 is 18.3 Å². The van der Waals surface area contributed by atoms with Crippen LogP contribution >= 0.6 is 0 Å². The van der Waals surface area contributed by atoms with Crippen molar-refractivity contribution >= 4 is 17.1 Å². The van der Waals surface area contributed by atoms with Crippen LogP contribution in [-0.2, 0) is 11.3 Å². The molecule has 0 atom stereocenters. The van der Waals surface area contributed by atoms with Gasteiger partial charge in [-0.05, 0) is 41.0 Å². The highest BCUT2D eigenvalue weighted by Crippen LogP contribution is 2.24. The third-order valence-electron chi connectivity index (χ3n) is 4.60. The molecule has 0 bridgehead atoms. The zero-order valence-corrected chi connectivity index (χ0v) is 16.0. The number of nitrogens with zero attached hydrogens (tertiary/aromatic N) is 1. The summed E-state index contributed by atoms with van der Waals surface area (Å²) in [5.41, 5.74) is 3.19. The molecule has 0 aliphatic rings. The Hall–Kier alpha value is -3.71. The molecule has 0 unspecified atom stereocenters. The SMILES string of the molecule is O=C(NCCOCc1ccccc1)n1c(=O)oc2cc(-c3ccc(F)cc3)ccc21. The molecular weight excluding hydrogens is 387 g/mol. The van der Waals surface area contributed by atoms with Gasteiger partial charge in [0.2, 0.25) is 0 Å². The number of carbonyl (C=O) groups excluding carboxylic acids is 1. The number of benzene rings is 3. The predicted octanol–water partition coefficient (Wildman–Crippen LogP) is 4.18. The number of hydrogen-bond donors (Lipinski definition) is 1. The van der Waals surface area contributed by atoms with Crippen LogP contribution in [0.3, 0.4) is 0 Å². The van der Waals surface area contributed by atoms with E-state index < -0.39 is 11.8 Å². The fourth-order valence-corrected chi connectivity index (χ4v) is 3.11. The first-order valence-electron chi connectivity index (χ1n) is 9.43. The highest BCUT2D eigenvalue weighted by atomic mass is 19.1. The van der Waals surface area contributed by atoms with E-state index in [9.17, 15) is 14.0 Å². The smallest absolute Gasteiger partial charge is 0.407 e. The molecule has 6 nitrogen and oxygen atoms in total. The molecule has 4 aromatic rings. The van der Waals surface area contributed by atoms with Crippen molar-refractivity contribution in [2.24, 2.45) is 0 Å². The average Bonchev–Trinajstić information content (AvgIpc) is 3.09. The summed E-state index contributed by atoms with van der Waals surface area (Å²) in [6, 6.07) is 20.1. The van der Waals surface area contributed by atoms with Crippen LogP contribution in [0.1, 0.15) is 5.56 Å². The minimum atomic E-state index is -0.774. The lowest BCUT2D eigenvalue weighted by atomic mass is 10.1. The maximum absolute atomic E-state index is 13.1. The molecule has 7 heteroatoms. The molecule has 1 N–H and O–H groups in total. The van der Waals surface area contributed by atoms with Crippen molar-refractivity contribution in [1.29, 1.82) is 0 Å². The van der Waals surface area contributed by atoms with Gasteiger partial charge in [0.15, 0.2) is 5.58 Å².